The number of nitrogens with zero attached hydrogens (tertiary/aromatic N) is 1. The van der Waals surface area contributed by atoms with Crippen molar-refractivity contribution in [2.24, 2.45) is 5.92 Å². The van der Waals surface area contributed by atoms with E-state index < -0.39 is 5.92 Å². The van der Waals surface area contributed by atoms with Gasteiger partial charge in [0.25, 0.3) is 0 Å². The Balaban J connectivity index is 1.93. The highest BCUT2D eigenvalue weighted by Gasteiger charge is 2.33. The Morgan fingerprint density at radius 3 is 2.85 bits per heavy atom. The molecule has 2 rings (SSSR count). The van der Waals surface area contributed by atoms with Gasteiger partial charge in [0.2, 0.25) is 0 Å². The summed E-state index contributed by atoms with van der Waals surface area (Å²) in [5.74, 6) is -0.196. The monoisotopic (exact) mass is 271 g/mol. The number of hydrogen-bond donors (Lipinski definition) is 0. The number of rotatable bonds is 6. The van der Waals surface area contributed by atoms with Crippen molar-refractivity contribution in [2.45, 2.75) is 45.1 Å². The van der Waals surface area contributed by atoms with Crippen molar-refractivity contribution in [3.63, 3.8) is 0 Å². The maximum absolute atomic E-state index is 12.3. The molecular weight excluding hydrogens is 250 g/mol. The van der Waals surface area contributed by atoms with Crippen LogP contribution < -0.4 is 0 Å². The van der Waals surface area contributed by atoms with Crippen LogP contribution in [0.2, 0.25) is 0 Å². The fourth-order valence-electron chi connectivity index (χ4n) is 2.80. The van der Waals surface area contributed by atoms with Gasteiger partial charge in [-0.2, -0.15) is 5.26 Å². The number of aryl methyl sites for hydroxylation is 1. The molecule has 0 heterocycles. The van der Waals surface area contributed by atoms with Crippen LogP contribution in [-0.2, 0) is 9.53 Å². The third kappa shape index (κ3) is 3.46. The van der Waals surface area contributed by atoms with Gasteiger partial charge in [-0.1, -0.05) is 29.8 Å². The number of carbonyl (C=O) groups excluding carboxylic acids is 1. The van der Waals surface area contributed by atoms with E-state index in [4.69, 9.17) is 4.74 Å². The summed E-state index contributed by atoms with van der Waals surface area (Å²) in [5.41, 5.74) is 1.90. The van der Waals surface area contributed by atoms with E-state index in [1.807, 2.05) is 38.1 Å². The van der Waals surface area contributed by atoms with Crippen LogP contribution in [-0.4, -0.2) is 18.5 Å². The molecule has 3 heteroatoms. The lowest BCUT2D eigenvalue weighted by molar-refractivity contribution is -0.122. The number of benzene rings is 1. The lowest BCUT2D eigenvalue weighted by Gasteiger charge is -2.34. The summed E-state index contributed by atoms with van der Waals surface area (Å²) in [5, 5.41) is 9.29. The molecule has 1 fully saturated rings. The Morgan fingerprint density at radius 1 is 1.50 bits per heavy atom. The van der Waals surface area contributed by atoms with Crippen molar-refractivity contribution in [1.29, 1.82) is 5.26 Å². The van der Waals surface area contributed by atoms with Crippen LogP contribution >= 0.6 is 0 Å². The standard InChI is InChI=1S/C17H21NO2/c1-3-20-15-8-13(9-15)10-17(19)16(11-18)14-6-4-5-12(2)7-14/h4-7,13,15-16H,3,8-10H2,1-2H3. The first-order valence-electron chi connectivity index (χ1n) is 7.24. The van der Waals surface area contributed by atoms with Crippen LogP contribution in [0.1, 0.15) is 43.2 Å². The van der Waals surface area contributed by atoms with Gasteiger partial charge < -0.3 is 4.74 Å². The predicted molar refractivity (Wildman–Crippen MR) is 77.3 cm³/mol. The van der Waals surface area contributed by atoms with Gasteiger partial charge in [0.05, 0.1) is 12.2 Å². The number of hydrogen-bond acceptors (Lipinski definition) is 3. The highest BCUT2D eigenvalue weighted by Crippen LogP contribution is 2.34. The molecule has 1 saturated carbocycles. The Labute approximate surface area is 120 Å². The number of carbonyl (C=O) groups is 1. The van der Waals surface area contributed by atoms with Crippen molar-refractivity contribution >= 4 is 5.78 Å². The molecule has 0 aliphatic heterocycles. The third-order valence-corrected chi connectivity index (χ3v) is 3.91. The second kappa shape index (κ2) is 6.67. The first kappa shape index (κ1) is 14.7. The summed E-state index contributed by atoms with van der Waals surface area (Å²) in [6.07, 6.45) is 2.71. The SMILES string of the molecule is CCOC1CC(CC(=O)C(C#N)c2cccc(C)c2)C1. The number of ether oxygens (including phenoxy) is 1. The van der Waals surface area contributed by atoms with Gasteiger partial charge in [-0.3, -0.25) is 4.79 Å². The Kier molecular flexibility index (Phi) is 4.92. The molecule has 0 N–H and O–H groups in total. The normalized spacial score (nSPS) is 22.6. The molecule has 0 aromatic heterocycles. The average Bonchev–Trinajstić information content (AvgIpc) is 2.37. The molecule has 20 heavy (non-hydrogen) atoms. The van der Waals surface area contributed by atoms with Crippen LogP contribution in [0.4, 0.5) is 0 Å². The summed E-state index contributed by atoms with van der Waals surface area (Å²) in [6, 6.07) is 9.82. The van der Waals surface area contributed by atoms with Crippen LogP contribution in [0.3, 0.4) is 0 Å². The number of ketones is 1. The summed E-state index contributed by atoms with van der Waals surface area (Å²) < 4.78 is 5.50. The fourth-order valence-corrected chi connectivity index (χ4v) is 2.80. The minimum absolute atomic E-state index is 0.0399. The van der Waals surface area contributed by atoms with Gasteiger partial charge in [0, 0.05) is 13.0 Å². The lowest BCUT2D eigenvalue weighted by atomic mass is 9.77. The van der Waals surface area contributed by atoms with Crippen LogP contribution in [0.5, 0.6) is 0 Å². The first-order valence-corrected chi connectivity index (χ1v) is 7.24. The maximum Gasteiger partial charge on any atom is 0.154 e. The molecule has 1 aliphatic rings. The molecule has 1 atom stereocenters. The van der Waals surface area contributed by atoms with E-state index in [-0.39, 0.29) is 5.78 Å². The van der Waals surface area contributed by atoms with E-state index in [0.29, 0.717) is 18.4 Å². The summed E-state index contributed by atoms with van der Waals surface area (Å²) in [6.45, 7) is 4.69. The van der Waals surface area contributed by atoms with E-state index >= 15 is 0 Å². The van der Waals surface area contributed by atoms with E-state index in [0.717, 1.165) is 30.6 Å². The van der Waals surface area contributed by atoms with Gasteiger partial charge in [0.15, 0.2) is 5.78 Å². The topological polar surface area (TPSA) is 50.1 Å². The highest BCUT2D eigenvalue weighted by atomic mass is 16.5. The molecule has 0 bridgehead atoms. The molecule has 106 valence electrons. The van der Waals surface area contributed by atoms with Crippen molar-refractivity contribution in [3.8, 4) is 6.07 Å². The predicted octanol–water partition coefficient (Wildman–Crippen LogP) is 3.38. The zero-order valence-electron chi connectivity index (χ0n) is 12.1. The fraction of sp³-hybridized carbons (Fsp3) is 0.529. The second-order valence-electron chi connectivity index (χ2n) is 5.56. The van der Waals surface area contributed by atoms with E-state index in [1.54, 1.807) is 0 Å². The van der Waals surface area contributed by atoms with Crippen molar-refractivity contribution < 1.29 is 9.53 Å². The Bertz CT molecular complexity index is 512. The smallest absolute Gasteiger partial charge is 0.154 e. The van der Waals surface area contributed by atoms with Gasteiger partial charge in [0.1, 0.15) is 5.92 Å². The van der Waals surface area contributed by atoms with E-state index in [9.17, 15) is 10.1 Å². The Morgan fingerprint density at radius 2 is 2.25 bits per heavy atom. The summed E-state index contributed by atoms with van der Waals surface area (Å²) in [4.78, 5) is 12.3. The minimum Gasteiger partial charge on any atom is -0.378 e. The number of nitriles is 1. The van der Waals surface area contributed by atoms with Gasteiger partial charge in [-0.15, -0.1) is 0 Å². The van der Waals surface area contributed by atoms with Gasteiger partial charge >= 0.3 is 0 Å². The molecule has 0 saturated heterocycles. The Hall–Kier alpha value is -1.66. The number of Topliss-reactive ketones (excluding diaryl/α,β-unsaturated/α-hetero) is 1. The van der Waals surface area contributed by atoms with Crippen molar-refractivity contribution in [3.05, 3.63) is 35.4 Å². The lowest BCUT2D eigenvalue weighted by Crippen LogP contribution is -2.33. The summed E-state index contributed by atoms with van der Waals surface area (Å²) in [7, 11) is 0. The molecular formula is C17H21NO2. The highest BCUT2D eigenvalue weighted by molar-refractivity contribution is 5.88. The van der Waals surface area contributed by atoms with Crippen molar-refractivity contribution in [2.75, 3.05) is 6.61 Å². The quantitative estimate of drug-likeness (QED) is 0.797. The largest absolute Gasteiger partial charge is 0.378 e. The molecule has 1 unspecified atom stereocenters. The molecule has 1 aromatic carbocycles. The minimum atomic E-state index is -0.624. The zero-order chi connectivity index (χ0) is 14.5. The molecule has 0 amide bonds. The third-order valence-electron chi connectivity index (χ3n) is 3.91. The van der Waals surface area contributed by atoms with Gasteiger partial charge in [-0.25, -0.2) is 0 Å². The maximum atomic E-state index is 12.3. The van der Waals surface area contributed by atoms with Gasteiger partial charge in [-0.05, 0) is 38.2 Å². The van der Waals surface area contributed by atoms with Crippen LogP contribution in [0, 0.1) is 24.2 Å². The molecule has 3 nitrogen and oxygen atoms in total. The van der Waals surface area contributed by atoms with Crippen molar-refractivity contribution in [1.82, 2.24) is 0 Å². The van der Waals surface area contributed by atoms with E-state index in [2.05, 4.69) is 6.07 Å². The first-order chi connectivity index (χ1) is 9.63. The average molecular weight is 271 g/mol. The van der Waals surface area contributed by atoms with Crippen LogP contribution in [0.15, 0.2) is 24.3 Å². The second-order valence-corrected chi connectivity index (χ2v) is 5.56. The summed E-state index contributed by atoms with van der Waals surface area (Å²) >= 11 is 0. The zero-order valence-corrected chi connectivity index (χ0v) is 12.1. The van der Waals surface area contributed by atoms with Crippen LogP contribution in [0.25, 0.3) is 0 Å². The molecule has 1 aromatic rings. The van der Waals surface area contributed by atoms with E-state index in [1.165, 1.54) is 0 Å². The molecule has 0 radical (unpaired) electrons. The molecule has 1 aliphatic carbocycles. The molecule has 0 spiro atoms.